The molecule has 2 heteroatoms. The highest BCUT2D eigenvalue weighted by Gasteiger charge is 2.28. The fraction of sp³-hybridized carbons (Fsp3) is 0.846. The Kier molecular flexibility index (Phi) is 4.81. The van der Waals surface area contributed by atoms with E-state index in [2.05, 4.69) is 37.6 Å². The van der Waals surface area contributed by atoms with Crippen LogP contribution in [-0.2, 0) is 0 Å². The van der Waals surface area contributed by atoms with E-state index in [1.165, 1.54) is 38.0 Å². The molecule has 0 spiro atoms. The van der Waals surface area contributed by atoms with Crippen molar-refractivity contribution in [2.45, 2.75) is 33.6 Å². The quantitative estimate of drug-likeness (QED) is 0.700. The first-order valence-electron chi connectivity index (χ1n) is 6.13. The molecular weight excluding hydrogens is 184 g/mol. The van der Waals surface area contributed by atoms with Crippen LogP contribution in [0.15, 0.2) is 12.2 Å². The summed E-state index contributed by atoms with van der Waals surface area (Å²) >= 11 is 0. The smallest absolute Gasteiger partial charge is 0.0187 e. The molecule has 1 N–H and O–H groups in total. The van der Waals surface area contributed by atoms with E-state index < -0.39 is 0 Å². The molecule has 1 fully saturated rings. The Balaban J connectivity index is 2.45. The van der Waals surface area contributed by atoms with Crippen LogP contribution in [0.5, 0.6) is 0 Å². The fourth-order valence-electron chi connectivity index (χ4n) is 2.45. The van der Waals surface area contributed by atoms with Gasteiger partial charge >= 0.3 is 0 Å². The fourth-order valence-corrected chi connectivity index (χ4v) is 2.45. The minimum atomic E-state index is 0.462. The van der Waals surface area contributed by atoms with Crippen LogP contribution in [0.1, 0.15) is 33.6 Å². The van der Waals surface area contributed by atoms with Crippen molar-refractivity contribution in [3.05, 3.63) is 12.2 Å². The van der Waals surface area contributed by atoms with Crippen LogP contribution in [0.25, 0.3) is 0 Å². The molecule has 15 heavy (non-hydrogen) atoms. The first-order chi connectivity index (χ1) is 7.06. The number of hydrogen-bond acceptors (Lipinski definition) is 2. The molecule has 1 unspecified atom stereocenters. The van der Waals surface area contributed by atoms with E-state index in [1.54, 1.807) is 0 Å². The Morgan fingerprint density at radius 3 is 2.73 bits per heavy atom. The minimum Gasteiger partial charge on any atom is -0.316 e. The number of piperidine rings is 1. The van der Waals surface area contributed by atoms with Gasteiger partial charge in [-0.05, 0) is 38.3 Å². The molecule has 88 valence electrons. The van der Waals surface area contributed by atoms with E-state index in [1.807, 2.05) is 0 Å². The van der Waals surface area contributed by atoms with Crippen molar-refractivity contribution in [1.82, 2.24) is 10.2 Å². The van der Waals surface area contributed by atoms with E-state index in [4.69, 9.17) is 0 Å². The summed E-state index contributed by atoms with van der Waals surface area (Å²) in [6.07, 6.45) is 2.67. The van der Waals surface area contributed by atoms with Gasteiger partial charge in [0.2, 0.25) is 0 Å². The highest BCUT2D eigenvalue weighted by molar-refractivity contribution is 4.94. The van der Waals surface area contributed by atoms with Gasteiger partial charge in [-0.3, -0.25) is 4.90 Å². The zero-order valence-electron chi connectivity index (χ0n) is 10.6. The highest BCUT2D eigenvalue weighted by Crippen LogP contribution is 2.26. The number of hydrogen-bond donors (Lipinski definition) is 1. The molecule has 1 rings (SSSR count). The Bertz CT molecular complexity index is 205. The number of rotatable bonds is 5. The van der Waals surface area contributed by atoms with Crippen LogP contribution in [0.3, 0.4) is 0 Å². The maximum atomic E-state index is 4.00. The molecule has 1 saturated heterocycles. The predicted octanol–water partition coefficient (Wildman–Crippen LogP) is 2.27. The average molecular weight is 210 g/mol. The summed E-state index contributed by atoms with van der Waals surface area (Å²) < 4.78 is 0. The topological polar surface area (TPSA) is 15.3 Å². The van der Waals surface area contributed by atoms with Crippen LogP contribution >= 0.6 is 0 Å². The predicted molar refractivity (Wildman–Crippen MR) is 67.1 cm³/mol. The molecule has 1 aliphatic heterocycles. The summed E-state index contributed by atoms with van der Waals surface area (Å²) in [6, 6.07) is 0. The van der Waals surface area contributed by atoms with Crippen molar-refractivity contribution in [2.75, 3.05) is 32.7 Å². The van der Waals surface area contributed by atoms with E-state index in [0.717, 1.165) is 13.1 Å². The molecule has 1 atom stereocenters. The van der Waals surface area contributed by atoms with Crippen molar-refractivity contribution >= 4 is 0 Å². The number of nitrogens with zero attached hydrogens (tertiary/aromatic N) is 1. The van der Waals surface area contributed by atoms with Gasteiger partial charge in [-0.1, -0.05) is 26.0 Å². The van der Waals surface area contributed by atoms with Crippen molar-refractivity contribution in [2.24, 2.45) is 5.41 Å². The van der Waals surface area contributed by atoms with E-state index in [-0.39, 0.29) is 0 Å². The third kappa shape index (κ3) is 4.35. The molecule has 0 radical (unpaired) electrons. The minimum absolute atomic E-state index is 0.462. The largest absolute Gasteiger partial charge is 0.316 e. The molecule has 0 aliphatic carbocycles. The SMILES string of the molecule is C=C(C)CN(CC)CC1(C)CCCNC1. The van der Waals surface area contributed by atoms with Gasteiger partial charge in [-0.15, -0.1) is 0 Å². The average Bonchev–Trinajstić information content (AvgIpc) is 2.16. The lowest BCUT2D eigenvalue weighted by Gasteiger charge is -2.38. The lowest BCUT2D eigenvalue weighted by Crippen LogP contribution is -2.46. The number of likely N-dealkylation sites (N-methyl/N-ethyl adjacent to an activating group) is 1. The third-order valence-corrected chi connectivity index (χ3v) is 3.23. The summed E-state index contributed by atoms with van der Waals surface area (Å²) in [4.78, 5) is 2.51. The van der Waals surface area contributed by atoms with Crippen molar-refractivity contribution in [3.63, 3.8) is 0 Å². The third-order valence-electron chi connectivity index (χ3n) is 3.23. The van der Waals surface area contributed by atoms with Gasteiger partial charge in [0.05, 0.1) is 0 Å². The molecule has 0 amide bonds. The van der Waals surface area contributed by atoms with Gasteiger partial charge in [-0.25, -0.2) is 0 Å². The Hall–Kier alpha value is -0.340. The van der Waals surface area contributed by atoms with Gasteiger partial charge in [0.25, 0.3) is 0 Å². The molecule has 0 aromatic rings. The van der Waals surface area contributed by atoms with Crippen LogP contribution in [0.4, 0.5) is 0 Å². The summed E-state index contributed by atoms with van der Waals surface area (Å²) in [7, 11) is 0. The second-order valence-corrected chi connectivity index (χ2v) is 5.35. The second kappa shape index (κ2) is 5.66. The van der Waals surface area contributed by atoms with Crippen molar-refractivity contribution in [3.8, 4) is 0 Å². The van der Waals surface area contributed by atoms with Crippen LogP contribution in [0.2, 0.25) is 0 Å². The molecular formula is C13H26N2. The standard InChI is InChI=1S/C13H26N2/c1-5-15(9-12(2)3)11-13(4)7-6-8-14-10-13/h14H,2,5-11H2,1,3-4H3. The Morgan fingerprint density at radius 2 is 2.27 bits per heavy atom. The maximum absolute atomic E-state index is 4.00. The summed E-state index contributed by atoms with van der Waals surface area (Å²) in [6.45, 7) is 16.5. The van der Waals surface area contributed by atoms with Gasteiger partial charge in [0, 0.05) is 19.6 Å². The monoisotopic (exact) mass is 210 g/mol. The maximum Gasteiger partial charge on any atom is 0.0187 e. The van der Waals surface area contributed by atoms with E-state index in [9.17, 15) is 0 Å². The van der Waals surface area contributed by atoms with Gasteiger partial charge in [0.1, 0.15) is 0 Å². The van der Waals surface area contributed by atoms with E-state index >= 15 is 0 Å². The summed E-state index contributed by atoms with van der Waals surface area (Å²) in [5.41, 5.74) is 1.73. The molecule has 1 aliphatic rings. The Labute approximate surface area is 94.7 Å². The van der Waals surface area contributed by atoms with Gasteiger partial charge in [0.15, 0.2) is 0 Å². The zero-order chi connectivity index (χ0) is 11.3. The molecule has 0 aromatic heterocycles. The molecule has 2 nitrogen and oxygen atoms in total. The zero-order valence-corrected chi connectivity index (χ0v) is 10.6. The summed E-state index contributed by atoms with van der Waals surface area (Å²) in [5, 5.41) is 3.51. The lowest BCUT2D eigenvalue weighted by molar-refractivity contribution is 0.144. The first-order valence-corrected chi connectivity index (χ1v) is 6.13. The van der Waals surface area contributed by atoms with Crippen molar-refractivity contribution < 1.29 is 0 Å². The molecule has 0 saturated carbocycles. The number of nitrogens with one attached hydrogen (secondary N) is 1. The van der Waals surface area contributed by atoms with Crippen LogP contribution in [0, 0.1) is 5.41 Å². The van der Waals surface area contributed by atoms with E-state index in [0.29, 0.717) is 5.41 Å². The first kappa shape index (κ1) is 12.7. The normalized spacial score (nSPS) is 26.9. The van der Waals surface area contributed by atoms with Gasteiger partial charge < -0.3 is 5.32 Å². The lowest BCUT2D eigenvalue weighted by atomic mass is 9.82. The van der Waals surface area contributed by atoms with Crippen LogP contribution in [-0.4, -0.2) is 37.6 Å². The second-order valence-electron chi connectivity index (χ2n) is 5.35. The van der Waals surface area contributed by atoms with Crippen LogP contribution < -0.4 is 5.32 Å². The van der Waals surface area contributed by atoms with Gasteiger partial charge in [-0.2, -0.15) is 0 Å². The molecule has 0 aromatic carbocycles. The molecule has 1 heterocycles. The summed E-state index contributed by atoms with van der Waals surface area (Å²) in [5.74, 6) is 0. The Morgan fingerprint density at radius 1 is 1.53 bits per heavy atom. The molecule has 0 bridgehead atoms. The highest BCUT2D eigenvalue weighted by atomic mass is 15.1. The van der Waals surface area contributed by atoms with Crippen molar-refractivity contribution in [1.29, 1.82) is 0 Å².